The average molecular weight is 505 g/mol. The first-order valence-electron chi connectivity index (χ1n) is 11.7. The van der Waals surface area contributed by atoms with Crippen LogP contribution in [0, 0.1) is 0 Å². The molecule has 37 heavy (non-hydrogen) atoms. The third-order valence-corrected chi connectivity index (χ3v) is 5.07. The summed E-state index contributed by atoms with van der Waals surface area (Å²) in [5.41, 5.74) is 1.94. The van der Waals surface area contributed by atoms with Crippen molar-refractivity contribution in [2.24, 2.45) is 0 Å². The number of carbonyl (C=O) groups is 3. The van der Waals surface area contributed by atoms with Crippen LogP contribution >= 0.6 is 0 Å². The van der Waals surface area contributed by atoms with Gasteiger partial charge in [0.05, 0.1) is 24.3 Å². The van der Waals surface area contributed by atoms with Crippen molar-refractivity contribution in [3.63, 3.8) is 0 Å². The predicted octanol–water partition coefficient (Wildman–Crippen LogP) is 4.81. The molecule has 0 saturated carbocycles. The molecule has 0 heterocycles. The Balaban J connectivity index is 1.41. The first kappa shape index (κ1) is 27.2. The van der Waals surface area contributed by atoms with Gasteiger partial charge in [0.25, 0.3) is 0 Å². The van der Waals surface area contributed by atoms with Crippen LogP contribution in [0.1, 0.15) is 33.2 Å². The Kier molecular flexibility index (Phi) is 10.4. The summed E-state index contributed by atoms with van der Waals surface area (Å²) in [4.78, 5) is 35.7. The van der Waals surface area contributed by atoms with Crippen LogP contribution in [0.15, 0.2) is 85.5 Å². The average Bonchev–Trinajstić information content (AvgIpc) is 2.93. The maximum Gasteiger partial charge on any atom is 0.343 e. The SMILES string of the molecule is C=CC(=O)OCCOCCOc1ccc(C(=O)Oc2ccc(OC(=O)c3ccc(CC)cc3)cc2)cc1. The van der Waals surface area contributed by atoms with E-state index in [0.29, 0.717) is 41.6 Å². The fourth-order valence-electron chi connectivity index (χ4n) is 3.05. The monoisotopic (exact) mass is 504 g/mol. The molecule has 3 rings (SSSR count). The maximum atomic E-state index is 12.4. The highest BCUT2D eigenvalue weighted by molar-refractivity contribution is 5.92. The molecular weight excluding hydrogens is 476 g/mol. The van der Waals surface area contributed by atoms with Crippen molar-refractivity contribution in [2.45, 2.75) is 13.3 Å². The van der Waals surface area contributed by atoms with Gasteiger partial charge in [-0.15, -0.1) is 0 Å². The Morgan fingerprint density at radius 3 is 1.68 bits per heavy atom. The van der Waals surface area contributed by atoms with Gasteiger partial charge in [-0.2, -0.15) is 0 Å². The highest BCUT2D eigenvalue weighted by atomic mass is 16.6. The predicted molar refractivity (Wildman–Crippen MR) is 136 cm³/mol. The van der Waals surface area contributed by atoms with E-state index in [9.17, 15) is 14.4 Å². The number of benzene rings is 3. The molecule has 0 aliphatic carbocycles. The molecule has 0 atom stereocenters. The number of hydrogen-bond acceptors (Lipinski definition) is 8. The third-order valence-electron chi connectivity index (χ3n) is 5.07. The fraction of sp³-hybridized carbons (Fsp3) is 0.207. The lowest BCUT2D eigenvalue weighted by atomic mass is 10.1. The molecule has 3 aromatic rings. The standard InChI is InChI=1S/C29H28O8/c1-3-21-5-7-22(8-6-21)28(31)36-25-13-15-26(16-14-25)37-29(32)23-9-11-24(12-10-23)34-19-17-33-18-20-35-27(30)4-2/h4-16H,2-3,17-20H2,1H3. The maximum absolute atomic E-state index is 12.4. The molecule has 0 saturated heterocycles. The molecular formula is C29H28O8. The van der Waals surface area contributed by atoms with E-state index >= 15 is 0 Å². The number of rotatable bonds is 13. The molecule has 0 N–H and O–H groups in total. The number of hydrogen-bond donors (Lipinski definition) is 0. The molecule has 0 unspecified atom stereocenters. The lowest BCUT2D eigenvalue weighted by Crippen LogP contribution is -2.12. The number of esters is 3. The molecule has 192 valence electrons. The van der Waals surface area contributed by atoms with Crippen LogP contribution in [0.3, 0.4) is 0 Å². The van der Waals surface area contributed by atoms with Crippen molar-refractivity contribution in [3.8, 4) is 17.2 Å². The van der Waals surface area contributed by atoms with Crippen LogP contribution in [-0.4, -0.2) is 44.3 Å². The second-order valence-electron chi connectivity index (χ2n) is 7.66. The second-order valence-corrected chi connectivity index (χ2v) is 7.66. The Labute approximate surface area is 215 Å². The summed E-state index contributed by atoms with van der Waals surface area (Å²) in [7, 11) is 0. The van der Waals surface area contributed by atoms with E-state index in [-0.39, 0.29) is 13.2 Å². The highest BCUT2D eigenvalue weighted by Crippen LogP contribution is 2.21. The summed E-state index contributed by atoms with van der Waals surface area (Å²) >= 11 is 0. The van der Waals surface area contributed by atoms with Gasteiger partial charge in [-0.1, -0.05) is 25.6 Å². The second kappa shape index (κ2) is 14.2. The summed E-state index contributed by atoms with van der Waals surface area (Å²) in [6.07, 6.45) is 1.98. The Hall–Kier alpha value is -4.43. The minimum absolute atomic E-state index is 0.142. The zero-order valence-corrected chi connectivity index (χ0v) is 20.5. The van der Waals surface area contributed by atoms with Gasteiger partial charge < -0.3 is 23.7 Å². The van der Waals surface area contributed by atoms with E-state index in [1.165, 1.54) is 0 Å². The van der Waals surface area contributed by atoms with E-state index in [2.05, 4.69) is 6.58 Å². The summed E-state index contributed by atoms with van der Waals surface area (Å²) in [5, 5.41) is 0. The van der Waals surface area contributed by atoms with E-state index in [1.54, 1.807) is 60.7 Å². The Morgan fingerprint density at radius 1 is 0.676 bits per heavy atom. The minimum Gasteiger partial charge on any atom is -0.491 e. The van der Waals surface area contributed by atoms with Gasteiger partial charge in [0.1, 0.15) is 30.5 Å². The van der Waals surface area contributed by atoms with Crippen molar-refractivity contribution in [1.29, 1.82) is 0 Å². The summed E-state index contributed by atoms with van der Waals surface area (Å²) in [5.74, 6) is -0.278. The van der Waals surface area contributed by atoms with Crippen molar-refractivity contribution < 1.29 is 38.1 Å². The van der Waals surface area contributed by atoms with Crippen LogP contribution in [0.25, 0.3) is 0 Å². The highest BCUT2D eigenvalue weighted by Gasteiger charge is 2.11. The van der Waals surface area contributed by atoms with Gasteiger partial charge in [-0.05, 0) is 72.6 Å². The van der Waals surface area contributed by atoms with Crippen LogP contribution in [-0.2, 0) is 20.7 Å². The number of aryl methyl sites for hydroxylation is 1. The molecule has 0 amide bonds. The zero-order chi connectivity index (χ0) is 26.5. The molecule has 8 heteroatoms. The van der Waals surface area contributed by atoms with Gasteiger partial charge in [0.15, 0.2) is 0 Å². The largest absolute Gasteiger partial charge is 0.491 e. The van der Waals surface area contributed by atoms with Gasteiger partial charge >= 0.3 is 17.9 Å². The van der Waals surface area contributed by atoms with Crippen molar-refractivity contribution in [1.82, 2.24) is 0 Å². The van der Waals surface area contributed by atoms with Crippen LogP contribution in [0.4, 0.5) is 0 Å². The van der Waals surface area contributed by atoms with Gasteiger partial charge in [0.2, 0.25) is 0 Å². The fourth-order valence-corrected chi connectivity index (χ4v) is 3.05. The van der Waals surface area contributed by atoms with Crippen LogP contribution in [0.5, 0.6) is 17.2 Å². The summed E-state index contributed by atoms with van der Waals surface area (Å²) < 4.78 is 26.4. The quantitative estimate of drug-likeness (QED) is 0.142. The Bertz CT molecular complexity index is 1180. The molecule has 0 spiro atoms. The lowest BCUT2D eigenvalue weighted by molar-refractivity contribution is -0.139. The molecule has 0 radical (unpaired) electrons. The number of ether oxygens (including phenoxy) is 5. The smallest absolute Gasteiger partial charge is 0.343 e. The summed E-state index contributed by atoms with van der Waals surface area (Å²) in [6.45, 7) is 6.35. The van der Waals surface area contributed by atoms with E-state index in [4.69, 9.17) is 23.7 Å². The molecule has 3 aromatic carbocycles. The first-order valence-corrected chi connectivity index (χ1v) is 11.7. The van der Waals surface area contributed by atoms with Crippen LogP contribution in [0.2, 0.25) is 0 Å². The molecule has 0 aliphatic heterocycles. The van der Waals surface area contributed by atoms with Gasteiger partial charge in [0, 0.05) is 6.08 Å². The molecule has 0 aliphatic rings. The van der Waals surface area contributed by atoms with E-state index < -0.39 is 17.9 Å². The third kappa shape index (κ3) is 8.94. The molecule has 0 bridgehead atoms. The van der Waals surface area contributed by atoms with Gasteiger partial charge in [-0.25, -0.2) is 14.4 Å². The normalized spacial score (nSPS) is 10.3. The minimum atomic E-state index is -0.537. The van der Waals surface area contributed by atoms with Crippen molar-refractivity contribution in [3.05, 3.63) is 102 Å². The van der Waals surface area contributed by atoms with E-state index in [1.807, 2.05) is 19.1 Å². The molecule has 8 nitrogen and oxygen atoms in total. The van der Waals surface area contributed by atoms with Gasteiger partial charge in [-0.3, -0.25) is 0 Å². The molecule has 0 aromatic heterocycles. The first-order chi connectivity index (χ1) is 18.0. The summed E-state index contributed by atoms with van der Waals surface area (Å²) in [6, 6.07) is 19.9. The lowest BCUT2D eigenvalue weighted by Gasteiger charge is -2.09. The van der Waals surface area contributed by atoms with Crippen LogP contribution < -0.4 is 14.2 Å². The molecule has 0 fully saturated rings. The van der Waals surface area contributed by atoms with E-state index in [0.717, 1.165) is 18.1 Å². The zero-order valence-electron chi connectivity index (χ0n) is 20.5. The van der Waals surface area contributed by atoms with Crippen molar-refractivity contribution >= 4 is 17.9 Å². The number of carbonyl (C=O) groups excluding carboxylic acids is 3. The Morgan fingerprint density at radius 2 is 1.16 bits per heavy atom. The van der Waals surface area contributed by atoms with Crippen molar-refractivity contribution in [2.75, 3.05) is 26.4 Å². The topological polar surface area (TPSA) is 97.4 Å².